The molecule has 0 aliphatic carbocycles. The molecule has 106 valence electrons. The van der Waals surface area contributed by atoms with E-state index in [-0.39, 0.29) is 11.8 Å². The van der Waals surface area contributed by atoms with E-state index in [0.717, 1.165) is 30.9 Å². The number of fused-ring (bicyclic) bond motifs is 1. The molecule has 0 saturated carbocycles. The van der Waals surface area contributed by atoms with E-state index in [0.29, 0.717) is 16.8 Å². The van der Waals surface area contributed by atoms with Crippen molar-refractivity contribution in [3.8, 4) is 0 Å². The number of imidazole rings is 1. The van der Waals surface area contributed by atoms with Crippen LogP contribution in [0.1, 0.15) is 31.5 Å². The number of aromatic nitrogens is 3. The summed E-state index contributed by atoms with van der Waals surface area (Å²) in [6.07, 6.45) is 4.92. The smallest absolute Gasteiger partial charge is 0.223 e. The Morgan fingerprint density at radius 1 is 1.55 bits per heavy atom. The molecule has 0 spiro atoms. The highest BCUT2D eigenvalue weighted by Crippen LogP contribution is 2.32. The second-order valence-corrected chi connectivity index (χ2v) is 5.71. The van der Waals surface area contributed by atoms with Gasteiger partial charge in [0.25, 0.3) is 0 Å². The van der Waals surface area contributed by atoms with Gasteiger partial charge in [0.1, 0.15) is 15.9 Å². The van der Waals surface area contributed by atoms with Crippen LogP contribution in [0.5, 0.6) is 0 Å². The highest BCUT2D eigenvalue weighted by molar-refractivity contribution is 9.10. The van der Waals surface area contributed by atoms with Crippen LogP contribution >= 0.6 is 15.9 Å². The number of hydrogen-bond donors (Lipinski definition) is 1. The monoisotopic (exact) mass is 337 g/mol. The van der Waals surface area contributed by atoms with E-state index in [1.54, 1.807) is 6.20 Å². The zero-order valence-corrected chi connectivity index (χ0v) is 12.8. The van der Waals surface area contributed by atoms with Crippen molar-refractivity contribution in [2.45, 2.75) is 25.7 Å². The number of halogens is 1. The summed E-state index contributed by atoms with van der Waals surface area (Å²) < 4.78 is 2.62. The molecule has 6 nitrogen and oxygen atoms in total. The lowest BCUT2D eigenvalue weighted by Gasteiger charge is -2.30. The van der Waals surface area contributed by atoms with E-state index in [9.17, 15) is 4.79 Å². The van der Waals surface area contributed by atoms with Crippen molar-refractivity contribution in [1.29, 1.82) is 0 Å². The van der Waals surface area contributed by atoms with Crippen LogP contribution in [0.2, 0.25) is 0 Å². The molecule has 1 atom stereocenters. The van der Waals surface area contributed by atoms with E-state index < -0.39 is 0 Å². The first-order valence-electron chi connectivity index (χ1n) is 6.67. The van der Waals surface area contributed by atoms with Crippen LogP contribution in [0.15, 0.2) is 17.0 Å². The van der Waals surface area contributed by atoms with Gasteiger partial charge < -0.3 is 10.6 Å². The number of rotatable bonds is 2. The van der Waals surface area contributed by atoms with Crippen LogP contribution < -0.4 is 5.73 Å². The molecule has 2 aromatic heterocycles. The van der Waals surface area contributed by atoms with Gasteiger partial charge in [-0.1, -0.05) is 0 Å². The lowest BCUT2D eigenvalue weighted by Crippen LogP contribution is -2.38. The summed E-state index contributed by atoms with van der Waals surface area (Å²) in [5.74, 6) is 1.64. The molecule has 3 heterocycles. The number of nitrogens with two attached hydrogens (primary N) is 1. The predicted molar refractivity (Wildman–Crippen MR) is 79.3 cm³/mol. The quantitative estimate of drug-likeness (QED) is 0.906. The lowest BCUT2D eigenvalue weighted by molar-refractivity contribution is -0.133. The molecule has 1 fully saturated rings. The van der Waals surface area contributed by atoms with E-state index in [1.165, 1.54) is 0 Å². The number of carbonyl (C=O) groups excluding carboxylic acids is 1. The fraction of sp³-hybridized carbons (Fsp3) is 0.462. The van der Waals surface area contributed by atoms with Crippen molar-refractivity contribution in [2.24, 2.45) is 0 Å². The summed E-state index contributed by atoms with van der Waals surface area (Å²) in [6, 6.07) is 0. The Bertz CT molecular complexity index is 668. The number of piperidine rings is 1. The number of anilines is 1. The minimum atomic E-state index is 0.130. The third-order valence-electron chi connectivity index (χ3n) is 3.84. The summed E-state index contributed by atoms with van der Waals surface area (Å²) in [7, 11) is 0. The standard InChI is InChI=1S/C13H16BrN5O/c1-2-18-5-3-8(7-9(18)20)13-17-11(14)10-12(15)16-4-6-19(10)13/h4,6,8H,2-3,5,7H2,1H3,(H2,15,16). The van der Waals surface area contributed by atoms with Crippen LogP contribution in [-0.2, 0) is 4.79 Å². The molecule has 2 aromatic rings. The number of amides is 1. The normalized spacial score (nSPS) is 19.8. The minimum Gasteiger partial charge on any atom is -0.382 e. The van der Waals surface area contributed by atoms with Crippen LogP contribution in [0.25, 0.3) is 5.52 Å². The van der Waals surface area contributed by atoms with Crippen molar-refractivity contribution >= 4 is 33.2 Å². The second-order valence-electron chi connectivity index (χ2n) is 4.96. The molecule has 1 aliphatic rings. The van der Waals surface area contributed by atoms with Gasteiger partial charge >= 0.3 is 0 Å². The maximum Gasteiger partial charge on any atom is 0.223 e. The molecule has 1 saturated heterocycles. The van der Waals surface area contributed by atoms with Gasteiger partial charge in [-0.05, 0) is 29.3 Å². The Morgan fingerprint density at radius 2 is 2.35 bits per heavy atom. The molecule has 0 radical (unpaired) electrons. The van der Waals surface area contributed by atoms with Crippen LogP contribution in [0.4, 0.5) is 5.82 Å². The molecular weight excluding hydrogens is 322 g/mol. The maximum absolute atomic E-state index is 12.1. The van der Waals surface area contributed by atoms with Crippen molar-refractivity contribution in [3.63, 3.8) is 0 Å². The molecule has 1 unspecified atom stereocenters. The summed E-state index contributed by atoms with van der Waals surface area (Å²) in [4.78, 5) is 22.6. The number of hydrogen-bond acceptors (Lipinski definition) is 4. The topological polar surface area (TPSA) is 76.5 Å². The molecule has 2 N–H and O–H groups in total. The lowest BCUT2D eigenvalue weighted by atomic mass is 9.95. The molecule has 0 aromatic carbocycles. The molecular formula is C13H16BrN5O. The van der Waals surface area contributed by atoms with Gasteiger partial charge in [-0.2, -0.15) is 0 Å². The number of carbonyl (C=O) groups is 1. The fourth-order valence-corrected chi connectivity index (χ4v) is 3.34. The Balaban J connectivity index is 2.00. The minimum absolute atomic E-state index is 0.130. The van der Waals surface area contributed by atoms with Crippen molar-refractivity contribution in [2.75, 3.05) is 18.8 Å². The third-order valence-corrected chi connectivity index (χ3v) is 4.39. The highest BCUT2D eigenvalue weighted by atomic mass is 79.9. The number of likely N-dealkylation sites (tertiary alicyclic amines) is 1. The van der Waals surface area contributed by atoms with Crippen molar-refractivity contribution in [1.82, 2.24) is 19.3 Å². The van der Waals surface area contributed by atoms with E-state index in [4.69, 9.17) is 5.73 Å². The summed E-state index contributed by atoms with van der Waals surface area (Å²) in [5.41, 5.74) is 6.66. The van der Waals surface area contributed by atoms with E-state index in [1.807, 2.05) is 22.4 Å². The Morgan fingerprint density at radius 3 is 3.05 bits per heavy atom. The zero-order valence-electron chi connectivity index (χ0n) is 11.2. The molecule has 7 heteroatoms. The van der Waals surface area contributed by atoms with Crippen molar-refractivity contribution in [3.05, 3.63) is 22.8 Å². The zero-order chi connectivity index (χ0) is 14.3. The van der Waals surface area contributed by atoms with Gasteiger partial charge in [0.15, 0.2) is 5.82 Å². The first kappa shape index (κ1) is 13.4. The van der Waals surface area contributed by atoms with Crippen molar-refractivity contribution < 1.29 is 4.79 Å². The summed E-state index contributed by atoms with van der Waals surface area (Å²) in [5, 5.41) is 0. The summed E-state index contributed by atoms with van der Waals surface area (Å²) in [6.45, 7) is 3.56. The SMILES string of the molecule is CCN1CCC(c2nc(Br)c3c(N)nccn23)CC1=O. The molecule has 3 rings (SSSR count). The molecule has 1 aliphatic heterocycles. The van der Waals surface area contributed by atoms with Gasteiger partial charge in [-0.15, -0.1) is 0 Å². The first-order valence-corrected chi connectivity index (χ1v) is 7.46. The molecule has 1 amide bonds. The number of nitrogen functional groups attached to an aromatic ring is 1. The molecule has 20 heavy (non-hydrogen) atoms. The van der Waals surface area contributed by atoms with Gasteiger partial charge in [0, 0.05) is 37.8 Å². The Kier molecular flexibility index (Phi) is 3.37. The Hall–Kier alpha value is -1.63. The van der Waals surface area contributed by atoms with Gasteiger partial charge in [0.05, 0.1) is 0 Å². The summed E-state index contributed by atoms with van der Waals surface area (Å²) >= 11 is 3.43. The highest BCUT2D eigenvalue weighted by Gasteiger charge is 2.29. The first-order chi connectivity index (χ1) is 9.61. The second kappa shape index (κ2) is 5.05. The predicted octanol–water partition coefficient (Wildman–Crippen LogP) is 1.80. The van der Waals surface area contributed by atoms with Crippen LogP contribution in [0.3, 0.4) is 0 Å². The van der Waals surface area contributed by atoms with E-state index in [2.05, 4.69) is 25.9 Å². The van der Waals surface area contributed by atoms with Gasteiger partial charge in [0.2, 0.25) is 5.91 Å². The van der Waals surface area contributed by atoms with Crippen LogP contribution in [0, 0.1) is 0 Å². The Labute approximate surface area is 125 Å². The molecule has 0 bridgehead atoms. The maximum atomic E-state index is 12.1. The van der Waals surface area contributed by atoms with E-state index >= 15 is 0 Å². The third kappa shape index (κ3) is 2.06. The fourth-order valence-electron chi connectivity index (χ4n) is 2.76. The largest absolute Gasteiger partial charge is 0.382 e. The number of nitrogens with zero attached hydrogens (tertiary/aromatic N) is 4. The van der Waals surface area contributed by atoms with Gasteiger partial charge in [-0.3, -0.25) is 9.20 Å². The van der Waals surface area contributed by atoms with Crippen LogP contribution in [-0.4, -0.2) is 38.3 Å². The average molecular weight is 338 g/mol. The van der Waals surface area contributed by atoms with Gasteiger partial charge in [-0.25, -0.2) is 9.97 Å². The average Bonchev–Trinajstić information content (AvgIpc) is 2.77.